The summed E-state index contributed by atoms with van der Waals surface area (Å²) in [5.74, 6) is 0.442. The van der Waals surface area contributed by atoms with Crippen molar-refractivity contribution in [1.29, 1.82) is 0 Å². The standard InChI is InChI=1S/C35H40O12/c1-16(2)10-18(14-36)21-13-24(42-3)31(43-4)32-25(21)22-15-44-23-12-19(45-35-29(39)27(37)28(38)33(47-35)34(40)41)11-20(26(23)30(22)46-32)17-8-6-5-7-9-17/h5-9,11-13,16,18,22,27-30,33,35-39H,10,14-15H2,1-4H3,(H,40,41). The molecule has 12 nitrogen and oxygen atoms in total. The van der Waals surface area contributed by atoms with E-state index in [1.807, 2.05) is 36.4 Å². The molecule has 12 heteroatoms. The Morgan fingerprint density at radius 2 is 1.72 bits per heavy atom. The largest absolute Gasteiger partial charge is 0.493 e. The number of aliphatic carboxylic acids is 1. The Morgan fingerprint density at radius 1 is 0.979 bits per heavy atom. The van der Waals surface area contributed by atoms with Crippen LogP contribution in [-0.2, 0) is 9.53 Å². The first-order valence-electron chi connectivity index (χ1n) is 15.6. The van der Waals surface area contributed by atoms with Crippen LogP contribution in [0, 0.1) is 5.92 Å². The number of ether oxygens (including phenoxy) is 6. The predicted molar refractivity (Wildman–Crippen MR) is 167 cm³/mol. The molecule has 0 spiro atoms. The number of carboxylic acid groups (broad SMARTS) is 1. The van der Waals surface area contributed by atoms with E-state index in [-0.39, 0.29) is 30.8 Å². The number of hydrogen-bond donors (Lipinski definition) is 5. The van der Waals surface area contributed by atoms with Gasteiger partial charge in [-0.05, 0) is 41.2 Å². The zero-order chi connectivity index (χ0) is 33.6. The summed E-state index contributed by atoms with van der Waals surface area (Å²) in [6, 6.07) is 14.7. The van der Waals surface area contributed by atoms with E-state index in [0.717, 1.165) is 28.7 Å². The van der Waals surface area contributed by atoms with E-state index in [1.165, 1.54) is 0 Å². The molecule has 8 atom stereocenters. The van der Waals surface area contributed by atoms with Crippen molar-refractivity contribution in [2.45, 2.75) is 68.9 Å². The monoisotopic (exact) mass is 652 g/mol. The minimum Gasteiger partial charge on any atom is -0.493 e. The second kappa shape index (κ2) is 13.2. The number of aliphatic hydroxyl groups is 4. The topological polar surface area (TPSA) is 174 Å². The second-order valence-electron chi connectivity index (χ2n) is 12.5. The molecule has 47 heavy (non-hydrogen) atoms. The molecule has 252 valence electrons. The zero-order valence-electron chi connectivity index (χ0n) is 26.5. The number of rotatable bonds is 10. The maximum atomic E-state index is 11.7. The highest BCUT2D eigenvalue weighted by molar-refractivity contribution is 5.75. The Bertz CT molecular complexity index is 1610. The van der Waals surface area contributed by atoms with E-state index in [2.05, 4.69) is 13.8 Å². The van der Waals surface area contributed by atoms with Crippen molar-refractivity contribution < 1.29 is 58.7 Å². The molecule has 3 aliphatic rings. The third-order valence-corrected chi connectivity index (χ3v) is 9.06. The molecule has 0 radical (unpaired) electrons. The molecular formula is C35H40O12. The number of fused-ring (bicyclic) bond motifs is 5. The van der Waals surface area contributed by atoms with Gasteiger partial charge in [0.15, 0.2) is 17.6 Å². The fourth-order valence-electron chi connectivity index (χ4n) is 6.89. The van der Waals surface area contributed by atoms with Crippen LogP contribution >= 0.6 is 0 Å². The first kappa shape index (κ1) is 32.9. The first-order chi connectivity index (χ1) is 22.6. The van der Waals surface area contributed by atoms with Crippen molar-refractivity contribution >= 4 is 5.97 Å². The summed E-state index contributed by atoms with van der Waals surface area (Å²) in [4.78, 5) is 11.7. The Labute approximate surface area is 272 Å². The minimum atomic E-state index is -1.85. The summed E-state index contributed by atoms with van der Waals surface area (Å²) in [6.45, 7) is 4.38. The van der Waals surface area contributed by atoms with Crippen LogP contribution in [0.1, 0.15) is 54.9 Å². The number of aliphatic hydroxyl groups excluding tert-OH is 4. The Morgan fingerprint density at radius 3 is 2.36 bits per heavy atom. The lowest BCUT2D eigenvalue weighted by atomic mass is 9.79. The van der Waals surface area contributed by atoms with E-state index in [4.69, 9.17) is 28.4 Å². The lowest BCUT2D eigenvalue weighted by Crippen LogP contribution is -2.61. The van der Waals surface area contributed by atoms with Gasteiger partial charge in [-0.2, -0.15) is 0 Å². The summed E-state index contributed by atoms with van der Waals surface area (Å²) in [5.41, 5.74) is 4.03. The van der Waals surface area contributed by atoms with Gasteiger partial charge in [0.2, 0.25) is 12.0 Å². The molecule has 5 N–H and O–H groups in total. The summed E-state index contributed by atoms with van der Waals surface area (Å²) in [7, 11) is 3.11. The number of carbonyl (C=O) groups is 1. The average Bonchev–Trinajstić information content (AvgIpc) is 3.46. The van der Waals surface area contributed by atoms with Gasteiger partial charge in [0, 0.05) is 29.7 Å². The minimum absolute atomic E-state index is 0.0611. The van der Waals surface area contributed by atoms with Gasteiger partial charge in [-0.25, -0.2) is 4.79 Å². The van der Waals surface area contributed by atoms with Crippen molar-refractivity contribution in [2.75, 3.05) is 27.4 Å². The van der Waals surface area contributed by atoms with Crippen molar-refractivity contribution in [3.63, 3.8) is 0 Å². The van der Waals surface area contributed by atoms with E-state index in [9.17, 15) is 30.3 Å². The van der Waals surface area contributed by atoms with Crippen molar-refractivity contribution in [1.82, 2.24) is 0 Å². The fraction of sp³-hybridized carbons (Fsp3) is 0.457. The highest BCUT2D eigenvalue weighted by atomic mass is 16.7. The van der Waals surface area contributed by atoms with Gasteiger partial charge in [0.05, 0.1) is 26.7 Å². The fourth-order valence-corrected chi connectivity index (χ4v) is 6.89. The average molecular weight is 653 g/mol. The molecule has 0 bridgehead atoms. The molecule has 3 aromatic carbocycles. The van der Waals surface area contributed by atoms with Gasteiger partial charge in [-0.1, -0.05) is 44.2 Å². The molecule has 1 fully saturated rings. The van der Waals surface area contributed by atoms with Gasteiger partial charge < -0.3 is 54.0 Å². The third kappa shape index (κ3) is 5.85. The lowest BCUT2D eigenvalue weighted by Gasteiger charge is -2.38. The highest BCUT2D eigenvalue weighted by Gasteiger charge is 2.49. The van der Waals surface area contributed by atoms with Gasteiger partial charge >= 0.3 is 5.97 Å². The normalized spacial score (nSPS) is 26.7. The van der Waals surface area contributed by atoms with Crippen LogP contribution in [0.5, 0.6) is 28.7 Å². The van der Waals surface area contributed by atoms with Gasteiger partial charge in [-0.15, -0.1) is 0 Å². The molecule has 1 saturated heterocycles. The van der Waals surface area contributed by atoms with Gasteiger partial charge in [-0.3, -0.25) is 0 Å². The van der Waals surface area contributed by atoms with E-state index in [1.54, 1.807) is 26.4 Å². The number of benzene rings is 3. The second-order valence-corrected chi connectivity index (χ2v) is 12.5. The van der Waals surface area contributed by atoms with E-state index >= 15 is 0 Å². The SMILES string of the molecule is COc1cc(C(CO)CC(C)C)c2c(c1OC)OC1c3c(cc(OC4OC(C(=O)O)C(O)C(O)C4O)cc3-c3ccccc3)OCC21. The Balaban J connectivity index is 1.45. The zero-order valence-corrected chi connectivity index (χ0v) is 26.5. The summed E-state index contributed by atoms with van der Waals surface area (Å²) in [6.07, 6.45) is -8.60. The first-order valence-corrected chi connectivity index (χ1v) is 15.6. The number of carboxylic acids is 1. The predicted octanol–water partition coefficient (Wildman–Crippen LogP) is 3.37. The third-order valence-electron chi connectivity index (χ3n) is 9.06. The molecule has 3 aliphatic heterocycles. The molecule has 8 unspecified atom stereocenters. The lowest BCUT2D eigenvalue weighted by molar-refractivity contribution is -0.271. The van der Waals surface area contributed by atoms with Crippen LogP contribution in [0.4, 0.5) is 0 Å². The number of methoxy groups -OCH3 is 2. The van der Waals surface area contributed by atoms with Crippen LogP contribution in [0.3, 0.4) is 0 Å². The molecule has 0 aliphatic carbocycles. The van der Waals surface area contributed by atoms with Crippen molar-refractivity contribution in [2.24, 2.45) is 5.92 Å². The smallest absolute Gasteiger partial charge is 0.335 e. The number of hydrogen-bond acceptors (Lipinski definition) is 11. The summed E-state index contributed by atoms with van der Waals surface area (Å²) < 4.78 is 36.0. The summed E-state index contributed by atoms with van der Waals surface area (Å²) in [5, 5.41) is 51.1. The summed E-state index contributed by atoms with van der Waals surface area (Å²) >= 11 is 0. The van der Waals surface area contributed by atoms with Crippen LogP contribution in [0.25, 0.3) is 11.1 Å². The molecule has 0 amide bonds. The van der Waals surface area contributed by atoms with Gasteiger partial charge in [0.1, 0.15) is 35.9 Å². The maximum Gasteiger partial charge on any atom is 0.335 e. The van der Waals surface area contributed by atoms with Crippen LogP contribution in [-0.4, -0.2) is 89.6 Å². The van der Waals surface area contributed by atoms with Crippen LogP contribution in [0.15, 0.2) is 48.5 Å². The Kier molecular flexibility index (Phi) is 9.23. The molecule has 3 heterocycles. The van der Waals surface area contributed by atoms with Gasteiger partial charge in [0.25, 0.3) is 0 Å². The molecule has 0 saturated carbocycles. The van der Waals surface area contributed by atoms with E-state index in [0.29, 0.717) is 34.5 Å². The molecular weight excluding hydrogens is 612 g/mol. The Hall–Kier alpha value is -4.07. The van der Waals surface area contributed by atoms with Crippen LogP contribution in [0.2, 0.25) is 0 Å². The van der Waals surface area contributed by atoms with Crippen molar-refractivity contribution in [3.05, 3.63) is 65.2 Å². The molecule has 6 rings (SSSR count). The quantitative estimate of drug-likeness (QED) is 0.216. The van der Waals surface area contributed by atoms with Crippen LogP contribution < -0.4 is 23.7 Å². The molecule has 0 aromatic heterocycles. The maximum absolute atomic E-state index is 11.7. The van der Waals surface area contributed by atoms with E-state index < -0.39 is 42.8 Å². The highest BCUT2D eigenvalue weighted by Crippen LogP contribution is 2.60. The van der Waals surface area contributed by atoms with Crippen molar-refractivity contribution in [3.8, 4) is 39.9 Å². The molecule has 3 aromatic rings.